The number of nitrogens with zero attached hydrogens (tertiary/aromatic N) is 2. The van der Waals surface area contributed by atoms with Crippen LogP contribution in [0.1, 0.15) is 13.3 Å². The van der Waals surface area contributed by atoms with Crippen LogP contribution in [0.2, 0.25) is 0 Å². The first-order valence-electron chi connectivity index (χ1n) is 5.24. The Morgan fingerprint density at radius 2 is 2.07 bits per heavy atom. The number of rotatable bonds is 4. The zero-order valence-corrected chi connectivity index (χ0v) is 8.85. The van der Waals surface area contributed by atoms with Crippen LogP contribution in [0.4, 0.5) is 5.69 Å². The predicted octanol–water partition coefficient (Wildman–Crippen LogP) is 2.69. The monoisotopic (exact) mass is 201 g/mol. The van der Waals surface area contributed by atoms with Gasteiger partial charge >= 0.3 is 0 Å². The summed E-state index contributed by atoms with van der Waals surface area (Å²) in [5.41, 5.74) is 2.25. The Hall–Kier alpha value is -1.77. The number of hydrogen-bond acceptors (Lipinski definition) is 2. The molecule has 2 aromatic rings. The highest BCUT2D eigenvalue weighted by atomic mass is 15.3. The SMILES string of the molecule is CCCNc1ccc(-n2cccn2)cc1. The number of hydrogen-bond donors (Lipinski definition) is 1. The molecule has 15 heavy (non-hydrogen) atoms. The molecule has 0 aliphatic rings. The zero-order valence-electron chi connectivity index (χ0n) is 8.85. The summed E-state index contributed by atoms with van der Waals surface area (Å²) in [5, 5.41) is 7.51. The minimum atomic E-state index is 1.01. The quantitative estimate of drug-likeness (QED) is 0.824. The van der Waals surface area contributed by atoms with Crippen LogP contribution in [0.15, 0.2) is 42.7 Å². The lowest BCUT2D eigenvalue weighted by molar-refractivity contribution is 0.880. The highest BCUT2D eigenvalue weighted by Crippen LogP contribution is 2.12. The molecule has 0 bridgehead atoms. The molecule has 0 aliphatic carbocycles. The summed E-state index contributed by atoms with van der Waals surface area (Å²) in [7, 11) is 0. The largest absolute Gasteiger partial charge is 0.385 e. The molecule has 2 rings (SSSR count). The van der Waals surface area contributed by atoms with Gasteiger partial charge in [0.2, 0.25) is 0 Å². The Bertz CT molecular complexity index is 389. The third kappa shape index (κ3) is 2.37. The second kappa shape index (κ2) is 4.64. The van der Waals surface area contributed by atoms with Crippen molar-refractivity contribution in [3.8, 4) is 5.69 Å². The van der Waals surface area contributed by atoms with Gasteiger partial charge in [-0.05, 0) is 36.8 Å². The molecule has 0 amide bonds. The van der Waals surface area contributed by atoms with Crippen molar-refractivity contribution in [3.63, 3.8) is 0 Å². The van der Waals surface area contributed by atoms with Gasteiger partial charge in [0.25, 0.3) is 0 Å². The normalized spacial score (nSPS) is 10.2. The van der Waals surface area contributed by atoms with E-state index >= 15 is 0 Å². The summed E-state index contributed by atoms with van der Waals surface area (Å²) in [6.45, 7) is 3.17. The maximum absolute atomic E-state index is 4.17. The van der Waals surface area contributed by atoms with Crippen molar-refractivity contribution >= 4 is 5.69 Å². The molecule has 3 heteroatoms. The van der Waals surface area contributed by atoms with Crippen molar-refractivity contribution in [1.82, 2.24) is 9.78 Å². The number of anilines is 1. The maximum Gasteiger partial charge on any atom is 0.0647 e. The van der Waals surface area contributed by atoms with Gasteiger partial charge in [0.15, 0.2) is 0 Å². The molecule has 78 valence electrons. The first-order chi connectivity index (χ1) is 7.40. The smallest absolute Gasteiger partial charge is 0.0647 e. The van der Waals surface area contributed by atoms with Crippen molar-refractivity contribution in [3.05, 3.63) is 42.7 Å². The van der Waals surface area contributed by atoms with E-state index in [0.717, 1.165) is 24.3 Å². The molecule has 0 saturated heterocycles. The fourth-order valence-electron chi connectivity index (χ4n) is 1.42. The van der Waals surface area contributed by atoms with E-state index in [1.54, 1.807) is 6.20 Å². The average molecular weight is 201 g/mol. The molecule has 0 spiro atoms. The Balaban J connectivity index is 2.11. The van der Waals surface area contributed by atoms with Gasteiger partial charge in [-0.25, -0.2) is 4.68 Å². The third-order valence-electron chi connectivity index (χ3n) is 2.22. The lowest BCUT2D eigenvalue weighted by Crippen LogP contribution is -2.00. The molecule has 1 heterocycles. The lowest BCUT2D eigenvalue weighted by Gasteiger charge is -2.06. The molecule has 3 nitrogen and oxygen atoms in total. The summed E-state index contributed by atoms with van der Waals surface area (Å²) in [5.74, 6) is 0. The Morgan fingerprint density at radius 3 is 2.67 bits per heavy atom. The molecule has 0 aliphatic heterocycles. The van der Waals surface area contributed by atoms with Crippen LogP contribution in [0, 0.1) is 0 Å². The third-order valence-corrected chi connectivity index (χ3v) is 2.22. The lowest BCUT2D eigenvalue weighted by atomic mass is 10.3. The van der Waals surface area contributed by atoms with Gasteiger partial charge in [0, 0.05) is 24.6 Å². The van der Waals surface area contributed by atoms with E-state index in [2.05, 4.69) is 41.6 Å². The van der Waals surface area contributed by atoms with Gasteiger partial charge in [0.05, 0.1) is 5.69 Å². The zero-order chi connectivity index (χ0) is 10.5. The highest BCUT2D eigenvalue weighted by Gasteiger charge is 1.95. The number of benzene rings is 1. The summed E-state index contributed by atoms with van der Waals surface area (Å²) in [6.07, 6.45) is 4.86. The van der Waals surface area contributed by atoms with E-state index in [0.29, 0.717) is 0 Å². The number of aromatic nitrogens is 2. The topological polar surface area (TPSA) is 29.9 Å². The molecule has 0 atom stereocenters. The second-order valence-electron chi connectivity index (χ2n) is 3.42. The molecule has 1 aromatic heterocycles. The van der Waals surface area contributed by atoms with Crippen molar-refractivity contribution in [2.75, 3.05) is 11.9 Å². The van der Waals surface area contributed by atoms with Crippen LogP contribution in [0.5, 0.6) is 0 Å². The van der Waals surface area contributed by atoms with E-state index in [9.17, 15) is 0 Å². The molecule has 0 radical (unpaired) electrons. The first kappa shape index (κ1) is 9.77. The van der Waals surface area contributed by atoms with Gasteiger partial charge in [-0.1, -0.05) is 6.92 Å². The Labute approximate surface area is 89.7 Å². The minimum Gasteiger partial charge on any atom is -0.385 e. The standard InChI is InChI=1S/C12H15N3/c1-2-8-13-11-4-6-12(7-5-11)15-10-3-9-14-15/h3-7,9-10,13H,2,8H2,1H3. The maximum atomic E-state index is 4.17. The molecule has 0 unspecified atom stereocenters. The first-order valence-corrected chi connectivity index (χ1v) is 5.24. The summed E-state index contributed by atoms with van der Waals surface area (Å²) in [4.78, 5) is 0. The molecule has 0 saturated carbocycles. The van der Waals surface area contributed by atoms with Crippen LogP contribution in [-0.4, -0.2) is 16.3 Å². The van der Waals surface area contributed by atoms with Crippen molar-refractivity contribution in [2.45, 2.75) is 13.3 Å². The van der Waals surface area contributed by atoms with Gasteiger partial charge in [0.1, 0.15) is 0 Å². The van der Waals surface area contributed by atoms with E-state index in [4.69, 9.17) is 0 Å². The van der Waals surface area contributed by atoms with Crippen LogP contribution >= 0.6 is 0 Å². The molecular formula is C12H15N3. The summed E-state index contributed by atoms with van der Waals surface area (Å²) in [6, 6.07) is 10.2. The van der Waals surface area contributed by atoms with E-state index in [1.165, 1.54) is 0 Å². The van der Waals surface area contributed by atoms with Crippen molar-refractivity contribution < 1.29 is 0 Å². The van der Waals surface area contributed by atoms with Crippen molar-refractivity contribution in [1.29, 1.82) is 0 Å². The van der Waals surface area contributed by atoms with Gasteiger partial charge < -0.3 is 5.32 Å². The van der Waals surface area contributed by atoms with Gasteiger partial charge in [-0.2, -0.15) is 5.10 Å². The van der Waals surface area contributed by atoms with Crippen molar-refractivity contribution in [2.24, 2.45) is 0 Å². The molecule has 1 N–H and O–H groups in total. The molecule has 1 aromatic carbocycles. The average Bonchev–Trinajstić information content (AvgIpc) is 2.80. The van der Waals surface area contributed by atoms with Crippen LogP contribution in [0.25, 0.3) is 5.69 Å². The summed E-state index contributed by atoms with van der Waals surface area (Å²) >= 11 is 0. The molecule has 0 fully saturated rings. The van der Waals surface area contributed by atoms with Gasteiger partial charge in [-0.3, -0.25) is 0 Å². The number of nitrogens with one attached hydrogen (secondary N) is 1. The van der Waals surface area contributed by atoms with Crippen LogP contribution in [0.3, 0.4) is 0 Å². The van der Waals surface area contributed by atoms with E-state index < -0.39 is 0 Å². The summed E-state index contributed by atoms with van der Waals surface area (Å²) < 4.78 is 1.85. The molecular weight excluding hydrogens is 186 g/mol. The van der Waals surface area contributed by atoms with E-state index in [1.807, 2.05) is 16.9 Å². The Kier molecular flexibility index (Phi) is 3.02. The minimum absolute atomic E-state index is 1.01. The van der Waals surface area contributed by atoms with E-state index in [-0.39, 0.29) is 0 Å². The Morgan fingerprint density at radius 1 is 1.27 bits per heavy atom. The fourth-order valence-corrected chi connectivity index (χ4v) is 1.42. The fraction of sp³-hybridized carbons (Fsp3) is 0.250. The van der Waals surface area contributed by atoms with Crippen LogP contribution in [-0.2, 0) is 0 Å². The van der Waals surface area contributed by atoms with Crippen LogP contribution < -0.4 is 5.32 Å². The highest BCUT2D eigenvalue weighted by molar-refractivity contribution is 5.48. The predicted molar refractivity (Wildman–Crippen MR) is 62.3 cm³/mol. The van der Waals surface area contributed by atoms with Gasteiger partial charge in [-0.15, -0.1) is 0 Å². The second-order valence-corrected chi connectivity index (χ2v) is 3.42.